The van der Waals surface area contributed by atoms with Crippen molar-refractivity contribution in [3.63, 3.8) is 0 Å². The Bertz CT molecular complexity index is 335. The van der Waals surface area contributed by atoms with Crippen molar-refractivity contribution in [1.82, 2.24) is 10.2 Å². The minimum atomic E-state index is -0.315. The molecule has 3 heteroatoms. The van der Waals surface area contributed by atoms with E-state index in [0.29, 0.717) is 5.92 Å². The number of rotatable bonds is 5. The van der Waals surface area contributed by atoms with E-state index in [0.717, 1.165) is 37.9 Å². The Morgan fingerprint density at radius 1 is 1.14 bits per heavy atom. The fraction of sp³-hybridized carbons (Fsp3) is 1.00. The highest BCUT2D eigenvalue weighted by Crippen LogP contribution is 2.40. The van der Waals surface area contributed by atoms with E-state index in [1.54, 1.807) is 0 Å². The Morgan fingerprint density at radius 3 is 2.90 bits per heavy atom. The molecule has 0 aromatic rings. The molecule has 0 amide bonds. The molecule has 2 N–H and O–H groups in total. The van der Waals surface area contributed by atoms with Crippen LogP contribution in [-0.2, 0) is 0 Å². The summed E-state index contributed by atoms with van der Waals surface area (Å²) in [7, 11) is 0. The van der Waals surface area contributed by atoms with Crippen molar-refractivity contribution >= 4 is 0 Å². The fourth-order valence-corrected chi connectivity index (χ4v) is 4.99. The van der Waals surface area contributed by atoms with Crippen molar-refractivity contribution in [2.75, 3.05) is 26.2 Å². The molecule has 3 rings (SSSR count). The molecule has 0 bridgehead atoms. The van der Waals surface area contributed by atoms with Gasteiger partial charge < -0.3 is 15.3 Å². The molecule has 3 fully saturated rings. The zero-order valence-electron chi connectivity index (χ0n) is 13.8. The first-order chi connectivity index (χ1) is 10.2. The lowest BCUT2D eigenvalue weighted by Crippen LogP contribution is -2.54. The molecule has 2 saturated carbocycles. The highest BCUT2D eigenvalue weighted by molar-refractivity contribution is 4.96. The van der Waals surface area contributed by atoms with Crippen LogP contribution < -0.4 is 5.32 Å². The lowest BCUT2D eigenvalue weighted by molar-refractivity contribution is -0.0974. The van der Waals surface area contributed by atoms with Crippen LogP contribution in [-0.4, -0.2) is 47.8 Å². The molecule has 21 heavy (non-hydrogen) atoms. The average molecular weight is 294 g/mol. The van der Waals surface area contributed by atoms with Gasteiger partial charge in [0.15, 0.2) is 0 Å². The van der Waals surface area contributed by atoms with E-state index in [4.69, 9.17) is 0 Å². The maximum Gasteiger partial charge on any atom is 0.0700 e. The van der Waals surface area contributed by atoms with Gasteiger partial charge in [0.25, 0.3) is 0 Å². The third-order valence-electron chi connectivity index (χ3n) is 6.32. The summed E-state index contributed by atoms with van der Waals surface area (Å²) in [6.07, 6.45) is 11.3. The van der Waals surface area contributed by atoms with E-state index >= 15 is 0 Å². The quantitative estimate of drug-likeness (QED) is 0.818. The van der Waals surface area contributed by atoms with Gasteiger partial charge in [-0.1, -0.05) is 26.2 Å². The van der Waals surface area contributed by atoms with Gasteiger partial charge in [-0.25, -0.2) is 0 Å². The van der Waals surface area contributed by atoms with Crippen molar-refractivity contribution in [2.45, 2.75) is 76.4 Å². The van der Waals surface area contributed by atoms with Gasteiger partial charge in [-0.3, -0.25) is 0 Å². The number of nitrogens with zero attached hydrogens (tertiary/aromatic N) is 1. The third kappa shape index (κ3) is 3.62. The normalized spacial score (nSPS) is 41.1. The summed E-state index contributed by atoms with van der Waals surface area (Å²) < 4.78 is 0. The maximum absolute atomic E-state index is 10.8. The summed E-state index contributed by atoms with van der Waals surface area (Å²) in [5, 5.41) is 14.6. The van der Waals surface area contributed by atoms with E-state index < -0.39 is 0 Å². The van der Waals surface area contributed by atoms with E-state index in [1.165, 1.54) is 58.0 Å². The summed E-state index contributed by atoms with van der Waals surface area (Å²) in [6.45, 7) is 6.94. The lowest BCUT2D eigenvalue weighted by Gasteiger charge is -2.48. The van der Waals surface area contributed by atoms with Crippen molar-refractivity contribution in [2.24, 2.45) is 11.8 Å². The van der Waals surface area contributed by atoms with Crippen LogP contribution in [0.5, 0.6) is 0 Å². The van der Waals surface area contributed by atoms with Crippen molar-refractivity contribution in [1.29, 1.82) is 0 Å². The van der Waals surface area contributed by atoms with E-state index in [-0.39, 0.29) is 5.60 Å². The van der Waals surface area contributed by atoms with Crippen LogP contribution in [0, 0.1) is 11.8 Å². The Morgan fingerprint density at radius 2 is 2.05 bits per heavy atom. The molecule has 122 valence electrons. The highest BCUT2D eigenvalue weighted by Gasteiger charge is 2.43. The number of likely N-dealkylation sites (tertiary alicyclic amines) is 1. The Kier molecular flexibility index (Phi) is 5.23. The van der Waals surface area contributed by atoms with Crippen LogP contribution in [0.3, 0.4) is 0 Å². The molecule has 3 nitrogen and oxygen atoms in total. The van der Waals surface area contributed by atoms with Crippen molar-refractivity contribution in [3.05, 3.63) is 0 Å². The first kappa shape index (κ1) is 15.8. The Balaban J connectivity index is 1.51. The van der Waals surface area contributed by atoms with Crippen LogP contribution in [0.2, 0.25) is 0 Å². The van der Waals surface area contributed by atoms with Gasteiger partial charge in [0.1, 0.15) is 0 Å². The van der Waals surface area contributed by atoms with Gasteiger partial charge in [0, 0.05) is 31.6 Å². The van der Waals surface area contributed by atoms with Gasteiger partial charge in [0.2, 0.25) is 0 Å². The van der Waals surface area contributed by atoms with Gasteiger partial charge in [-0.05, 0) is 51.0 Å². The van der Waals surface area contributed by atoms with Crippen molar-refractivity contribution < 1.29 is 5.11 Å². The Hall–Kier alpha value is -0.120. The molecule has 0 spiro atoms. The number of piperidine rings is 1. The third-order valence-corrected chi connectivity index (χ3v) is 6.32. The first-order valence-corrected chi connectivity index (χ1v) is 9.39. The Labute approximate surface area is 130 Å². The number of nitrogens with one attached hydrogen (secondary N) is 1. The minimum absolute atomic E-state index is 0.315. The second kappa shape index (κ2) is 6.97. The highest BCUT2D eigenvalue weighted by atomic mass is 16.3. The van der Waals surface area contributed by atoms with Crippen molar-refractivity contribution in [3.8, 4) is 0 Å². The van der Waals surface area contributed by atoms with Crippen LogP contribution in [0.1, 0.15) is 64.7 Å². The van der Waals surface area contributed by atoms with E-state index in [1.807, 2.05) is 0 Å². The second-order valence-electron chi connectivity index (χ2n) is 7.81. The monoisotopic (exact) mass is 294 g/mol. The number of hydrogen-bond acceptors (Lipinski definition) is 3. The largest absolute Gasteiger partial charge is 0.390 e. The number of aliphatic hydroxyl groups is 1. The van der Waals surface area contributed by atoms with Crippen LogP contribution in [0.4, 0.5) is 0 Å². The SMILES string of the molecule is CCCNC1CCCC1CN1CCC2(O)CCCCC2C1. The second-order valence-corrected chi connectivity index (χ2v) is 7.81. The topological polar surface area (TPSA) is 35.5 Å². The molecular weight excluding hydrogens is 260 g/mol. The van der Waals surface area contributed by atoms with Gasteiger partial charge in [-0.15, -0.1) is 0 Å². The number of fused-ring (bicyclic) bond motifs is 1. The average Bonchev–Trinajstić information content (AvgIpc) is 2.92. The summed E-state index contributed by atoms with van der Waals surface area (Å²) >= 11 is 0. The zero-order valence-corrected chi connectivity index (χ0v) is 13.8. The lowest BCUT2D eigenvalue weighted by atomic mass is 9.71. The van der Waals surface area contributed by atoms with Crippen LogP contribution >= 0.6 is 0 Å². The standard InChI is InChI=1S/C18H34N2O/c1-2-11-19-17-8-5-6-15(17)13-20-12-10-18(21)9-4-3-7-16(18)14-20/h15-17,19,21H,2-14H2,1H3. The molecule has 4 unspecified atom stereocenters. The molecule has 0 aromatic carbocycles. The van der Waals surface area contributed by atoms with Gasteiger partial charge in [0.05, 0.1) is 5.60 Å². The van der Waals surface area contributed by atoms with E-state index in [2.05, 4.69) is 17.1 Å². The summed E-state index contributed by atoms with van der Waals surface area (Å²) in [6, 6.07) is 0.747. The maximum atomic E-state index is 10.8. The molecule has 0 radical (unpaired) electrons. The van der Waals surface area contributed by atoms with E-state index in [9.17, 15) is 5.11 Å². The fourth-order valence-electron chi connectivity index (χ4n) is 4.99. The molecule has 1 aliphatic heterocycles. The summed E-state index contributed by atoms with van der Waals surface area (Å²) in [5.74, 6) is 1.38. The molecular formula is C18H34N2O. The molecule has 1 heterocycles. The summed E-state index contributed by atoms with van der Waals surface area (Å²) in [4.78, 5) is 2.67. The first-order valence-electron chi connectivity index (χ1n) is 9.39. The number of hydrogen-bond donors (Lipinski definition) is 2. The van der Waals surface area contributed by atoms with Gasteiger partial charge >= 0.3 is 0 Å². The predicted molar refractivity (Wildman–Crippen MR) is 87.4 cm³/mol. The predicted octanol–water partition coefficient (Wildman–Crippen LogP) is 2.78. The summed E-state index contributed by atoms with van der Waals surface area (Å²) in [5.41, 5.74) is -0.315. The molecule has 1 saturated heterocycles. The minimum Gasteiger partial charge on any atom is -0.390 e. The molecule has 4 atom stereocenters. The zero-order chi connectivity index (χ0) is 14.7. The molecule has 2 aliphatic carbocycles. The van der Waals surface area contributed by atoms with Crippen LogP contribution in [0.15, 0.2) is 0 Å². The smallest absolute Gasteiger partial charge is 0.0700 e. The molecule has 3 aliphatic rings. The van der Waals surface area contributed by atoms with Gasteiger partial charge in [-0.2, -0.15) is 0 Å². The molecule has 0 aromatic heterocycles. The van der Waals surface area contributed by atoms with Crippen LogP contribution in [0.25, 0.3) is 0 Å².